The molecule has 3 heteroatoms. The molecule has 2 heterocycles. The van der Waals surface area contributed by atoms with E-state index < -0.39 is 0 Å². The zero-order valence-electron chi connectivity index (χ0n) is 10.3. The SMILES string of the molecule is Cc1cscc1CNCc1csc2ccccc12. The Hall–Kier alpha value is -1.16. The predicted octanol–water partition coefficient (Wildman–Crippen LogP) is 4.56. The summed E-state index contributed by atoms with van der Waals surface area (Å²) in [5.74, 6) is 0. The van der Waals surface area contributed by atoms with Gasteiger partial charge >= 0.3 is 0 Å². The fourth-order valence-corrected chi connectivity index (χ4v) is 3.89. The molecule has 0 bridgehead atoms. The summed E-state index contributed by atoms with van der Waals surface area (Å²) >= 11 is 3.61. The number of hydrogen-bond donors (Lipinski definition) is 1. The molecule has 0 saturated heterocycles. The summed E-state index contributed by atoms with van der Waals surface area (Å²) in [6.07, 6.45) is 0. The number of fused-ring (bicyclic) bond motifs is 1. The lowest BCUT2D eigenvalue weighted by molar-refractivity contribution is 0.697. The lowest BCUT2D eigenvalue weighted by Crippen LogP contribution is -2.12. The van der Waals surface area contributed by atoms with Crippen molar-refractivity contribution in [3.8, 4) is 0 Å². The van der Waals surface area contributed by atoms with E-state index in [2.05, 4.69) is 52.6 Å². The van der Waals surface area contributed by atoms with Crippen LogP contribution in [0.2, 0.25) is 0 Å². The third-order valence-electron chi connectivity index (χ3n) is 3.15. The van der Waals surface area contributed by atoms with Crippen molar-refractivity contribution >= 4 is 32.8 Å². The molecule has 0 aliphatic heterocycles. The Balaban J connectivity index is 1.68. The van der Waals surface area contributed by atoms with Crippen molar-refractivity contribution in [3.05, 3.63) is 57.1 Å². The van der Waals surface area contributed by atoms with Crippen LogP contribution in [-0.2, 0) is 13.1 Å². The van der Waals surface area contributed by atoms with E-state index in [1.165, 1.54) is 26.8 Å². The Labute approximate surface area is 115 Å². The van der Waals surface area contributed by atoms with Gasteiger partial charge in [0, 0.05) is 17.8 Å². The molecular formula is C15H15NS2. The van der Waals surface area contributed by atoms with Crippen molar-refractivity contribution in [1.82, 2.24) is 5.32 Å². The average molecular weight is 273 g/mol. The fraction of sp³-hybridized carbons (Fsp3) is 0.200. The Morgan fingerprint density at radius 2 is 1.83 bits per heavy atom. The third kappa shape index (κ3) is 2.34. The number of thiophene rings is 2. The van der Waals surface area contributed by atoms with Gasteiger partial charge in [0.05, 0.1) is 0 Å². The summed E-state index contributed by atoms with van der Waals surface area (Å²) in [6, 6.07) is 8.61. The Bertz CT molecular complexity index is 651. The van der Waals surface area contributed by atoms with Crippen molar-refractivity contribution in [2.45, 2.75) is 20.0 Å². The number of hydrogen-bond acceptors (Lipinski definition) is 3. The minimum atomic E-state index is 0.944. The van der Waals surface area contributed by atoms with E-state index >= 15 is 0 Å². The molecule has 3 aromatic rings. The normalized spacial score (nSPS) is 11.2. The van der Waals surface area contributed by atoms with E-state index in [-0.39, 0.29) is 0 Å². The molecule has 2 aromatic heterocycles. The van der Waals surface area contributed by atoms with Crippen molar-refractivity contribution in [2.24, 2.45) is 0 Å². The van der Waals surface area contributed by atoms with Crippen molar-refractivity contribution in [3.63, 3.8) is 0 Å². The quantitative estimate of drug-likeness (QED) is 0.734. The molecule has 0 amide bonds. The highest BCUT2D eigenvalue weighted by molar-refractivity contribution is 7.17. The Morgan fingerprint density at radius 3 is 2.67 bits per heavy atom. The minimum Gasteiger partial charge on any atom is -0.309 e. The molecule has 0 atom stereocenters. The summed E-state index contributed by atoms with van der Waals surface area (Å²) in [7, 11) is 0. The summed E-state index contributed by atoms with van der Waals surface area (Å²) in [5.41, 5.74) is 4.21. The molecular weight excluding hydrogens is 258 g/mol. The van der Waals surface area contributed by atoms with Gasteiger partial charge in [-0.05, 0) is 51.2 Å². The van der Waals surface area contributed by atoms with Gasteiger partial charge in [0.2, 0.25) is 0 Å². The van der Waals surface area contributed by atoms with Crippen LogP contribution in [0.5, 0.6) is 0 Å². The van der Waals surface area contributed by atoms with Crippen molar-refractivity contribution in [2.75, 3.05) is 0 Å². The van der Waals surface area contributed by atoms with Gasteiger partial charge < -0.3 is 5.32 Å². The first kappa shape index (κ1) is 11.9. The van der Waals surface area contributed by atoms with Crippen molar-refractivity contribution < 1.29 is 0 Å². The van der Waals surface area contributed by atoms with Crippen LogP contribution >= 0.6 is 22.7 Å². The van der Waals surface area contributed by atoms with E-state index in [9.17, 15) is 0 Å². The summed E-state index contributed by atoms with van der Waals surface area (Å²) in [5, 5.41) is 11.6. The van der Waals surface area contributed by atoms with E-state index in [4.69, 9.17) is 0 Å². The topological polar surface area (TPSA) is 12.0 Å². The predicted molar refractivity (Wildman–Crippen MR) is 81.4 cm³/mol. The minimum absolute atomic E-state index is 0.944. The van der Waals surface area contributed by atoms with Crippen LogP contribution in [0.1, 0.15) is 16.7 Å². The molecule has 18 heavy (non-hydrogen) atoms. The zero-order chi connectivity index (χ0) is 12.4. The van der Waals surface area contributed by atoms with Gasteiger partial charge in [-0.15, -0.1) is 11.3 Å². The Kier molecular flexibility index (Phi) is 3.46. The van der Waals surface area contributed by atoms with Crippen LogP contribution in [0.4, 0.5) is 0 Å². The lowest BCUT2D eigenvalue weighted by Gasteiger charge is -2.03. The standard InChI is InChI=1S/C15H15NS2/c1-11-8-17-9-12(11)6-16-7-13-10-18-15-5-3-2-4-14(13)15/h2-5,8-10,16H,6-7H2,1H3. The van der Waals surface area contributed by atoms with E-state index in [1.54, 1.807) is 11.3 Å². The van der Waals surface area contributed by atoms with Crippen LogP contribution in [0, 0.1) is 6.92 Å². The second kappa shape index (κ2) is 5.22. The summed E-state index contributed by atoms with van der Waals surface area (Å²) < 4.78 is 1.38. The molecule has 0 spiro atoms. The average Bonchev–Trinajstić information content (AvgIpc) is 2.97. The highest BCUT2D eigenvalue weighted by Crippen LogP contribution is 2.25. The molecule has 0 radical (unpaired) electrons. The number of aryl methyl sites for hydroxylation is 1. The first-order valence-electron chi connectivity index (χ1n) is 6.02. The first-order valence-corrected chi connectivity index (χ1v) is 7.84. The van der Waals surface area contributed by atoms with Crippen LogP contribution in [0.25, 0.3) is 10.1 Å². The van der Waals surface area contributed by atoms with Gasteiger partial charge in [-0.3, -0.25) is 0 Å². The van der Waals surface area contributed by atoms with Gasteiger partial charge in [-0.25, -0.2) is 0 Å². The van der Waals surface area contributed by atoms with Crippen molar-refractivity contribution in [1.29, 1.82) is 0 Å². The van der Waals surface area contributed by atoms with Crippen LogP contribution in [0.15, 0.2) is 40.4 Å². The molecule has 0 fully saturated rings. The molecule has 1 aromatic carbocycles. The molecule has 92 valence electrons. The second-order valence-corrected chi connectivity index (χ2v) is 6.10. The number of nitrogens with one attached hydrogen (secondary N) is 1. The second-order valence-electron chi connectivity index (χ2n) is 4.44. The number of benzene rings is 1. The third-order valence-corrected chi connectivity index (χ3v) is 5.08. The van der Waals surface area contributed by atoms with Gasteiger partial charge in [0.15, 0.2) is 0 Å². The molecule has 0 saturated carbocycles. The Morgan fingerprint density at radius 1 is 1.00 bits per heavy atom. The first-order chi connectivity index (χ1) is 8.84. The highest BCUT2D eigenvalue weighted by Gasteiger charge is 2.03. The summed E-state index contributed by atoms with van der Waals surface area (Å²) in [6.45, 7) is 4.08. The number of rotatable bonds is 4. The maximum atomic E-state index is 3.54. The van der Waals surface area contributed by atoms with Gasteiger partial charge in [-0.2, -0.15) is 11.3 Å². The molecule has 3 rings (SSSR count). The summed E-state index contributed by atoms with van der Waals surface area (Å²) in [4.78, 5) is 0. The largest absolute Gasteiger partial charge is 0.309 e. The van der Waals surface area contributed by atoms with E-state index in [1.807, 2.05) is 11.3 Å². The van der Waals surface area contributed by atoms with Gasteiger partial charge in [-0.1, -0.05) is 18.2 Å². The van der Waals surface area contributed by atoms with Gasteiger partial charge in [0.1, 0.15) is 0 Å². The van der Waals surface area contributed by atoms with E-state index in [0.29, 0.717) is 0 Å². The maximum Gasteiger partial charge on any atom is 0.0346 e. The van der Waals surface area contributed by atoms with E-state index in [0.717, 1.165) is 13.1 Å². The molecule has 0 aliphatic carbocycles. The highest BCUT2D eigenvalue weighted by atomic mass is 32.1. The molecule has 1 nitrogen and oxygen atoms in total. The fourth-order valence-electron chi connectivity index (χ4n) is 2.07. The molecule has 0 unspecified atom stereocenters. The van der Waals surface area contributed by atoms with Crippen LogP contribution < -0.4 is 5.32 Å². The zero-order valence-corrected chi connectivity index (χ0v) is 11.9. The van der Waals surface area contributed by atoms with Gasteiger partial charge in [0.25, 0.3) is 0 Å². The molecule has 1 N–H and O–H groups in total. The van der Waals surface area contributed by atoms with Crippen LogP contribution in [-0.4, -0.2) is 0 Å². The monoisotopic (exact) mass is 273 g/mol. The lowest BCUT2D eigenvalue weighted by atomic mass is 10.1. The molecule has 0 aliphatic rings. The maximum absolute atomic E-state index is 3.54. The van der Waals surface area contributed by atoms with Crippen LogP contribution in [0.3, 0.4) is 0 Å². The smallest absolute Gasteiger partial charge is 0.0346 e.